The molecule has 8 heteroatoms. The summed E-state index contributed by atoms with van der Waals surface area (Å²) >= 11 is 0. The SMILES string of the molecule is CCc1cc(-c2nnnn2CCCC(=O)O)n(CC)n1. The van der Waals surface area contributed by atoms with E-state index in [1.807, 2.05) is 24.6 Å². The van der Waals surface area contributed by atoms with Gasteiger partial charge in [0, 0.05) is 19.5 Å². The van der Waals surface area contributed by atoms with Crippen molar-refractivity contribution in [1.82, 2.24) is 30.0 Å². The van der Waals surface area contributed by atoms with Gasteiger partial charge in [0.05, 0.1) is 5.69 Å². The molecule has 0 fully saturated rings. The van der Waals surface area contributed by atoms with E-state index in [1.165, 1.54) is 0 Å². The predicted molar refractivity (Wildman–Crippen MR) is 71.0 cm³/mol. The first kappa shape index (κ1) is 14.2. The number of hydrogen-bond acceptors (Lipinski definition) is 5. The van der Waals surface area contributed by atoms with Gasteiger partial charge in [-0.15, -0.1) is 5.10 Å². The third-order valence-corrected chi connectivity index (χ3v) is 3.01. The molecule has 0 aromatic carbocycles. The fraction of sp³-hybridized carbons (Fsp3) is 0.583. The second-order valence-electron chi connectivity index (χ2n) is 4.41. The number of aromatic nitrogens is 6. The van der Waals surface area contributed by atoms with Crippen molar-refractivity contribution < 1.29 is 9.90 Å². The van der Waals surface area contributed by atoms with E-state index in [2.05, 4.69) is 20.6 Å². The van der Waals surface area contributed by atoms with Gasteiger partial charge in [-0.05, 0) is 36.3 Å². The van der Waals surface area contributed by atoms with E-state index in [0.717, 1.165) is 24.4 Å². The molecular weight excluding hydrogens is 260 g/mol. The Morgan fingerprint density at radius 2 is 2.15 bits per heavy atom. The summed E-state index contributed by atoms with van der Waals surface area (Å²) in [5.41, 5.74) is 1.85. The van der Waals surface area contributed by atoms with Gasteiger partial charge in [-0.25, -0.2) is 4.68 Å². The summed E-state index contributed by atoms with van der Waals surface area (Å²) in [6, 6.07) is 1.98. The minimum Gasteiger partial charge on any atom is -0.481 e. The first-order valence-electron chi connectivity index (χ1n) is 6.70. The van der Waals surface area contributed by atoms with Crippen LogP contribution >= 0.6 is 0 Å². The van der Waals surface area contributed by atoms with Gasteiger partial charge in [0.15, 0.2) is 5.82 Å². The average Bonchev–Trinajstić information content (AvgIpc) is 3.03. The molecule has 108 valence electrons. The Morgan fingerprint density at radius 1 is 1.35 bits per heavy atom. The highest BCUT2D eigenvalue weighted by atomic mass is 16.4. The Bertz CT molecular complexity index is 589. The number of aryl methyl sites for hydroxylation is 3. The molecule has 0 unspecified atom stereocenters. The van der Waals surface area contributed by atoms with Crippen molar-refractivity contribution in [3.05, 3.63) is 11.8 Å². The summed E-state index contributed by atoms with van der Waals surface area (Å²) in [4.78, 5) is 10.6. The lowest BCUT2D eigenvalue weighted by atomic mass is 10.3. The summed E-state index contributed by atoms with van der Waals surface area (Å²) in [6.45, 7) is 5.26. The van der Waals surface area contributed by atoms with E-state index in [0.29, 0.717) is 18.8 Å². The second-order valence-corrected chi connectivity index (χ2v) is 4.41. The van der Waals surface area contributed by atoms with E-state index < -0.39 is 5.97 Å². The normalized spacial score (nSPS) is 10.9. The lowest BCUT2D eigenvalue weighted by Gasteiger charge is -2.05. The van der Waals surface area contributed by atoms with Crippen LogP contribution in [0.25, 0.3) is 11.5 Å². The second kappa shape index (κ2) is 6.27. The van der Waals surface area contributed by atoms with Crippen LogP contribution < -0.4 is 0 Å². The Hall–Kier alpha value is -2.25. The third-order valence-electron chi connectivity index (χ3n) is 3.01. The standard InChI is InChI=1S/C12H18N6O2/c1-3-9-8-10(17(4-2)14-9)12-13-15-16-18(12)7-5-6-11(19)20/h8H,3-7H2,1-2H3,(H,19,20). The summed E-state index contributed by atoms with van der Waals surface area (Å²) < 4.78 is 3.49. The highest BCUT2D eigenvalue weighted by molar-refractivity contribution is 5.66. The van der Waals surface area contributed by atoms with Crippen LogP contribution in [0.3, 0.4) is 0 Å². The molecule has 1 N–H and O–H groups in total. The number of aliphatic carboxylic acids is 1. The summed E-state index contributed by atoms with van der Waals surface area (Å²) in [6.07, 6.45) is 1.45. The molecule has 0 spiro atoms. The molecule has 0 saturated carbocycles. The first-order chi connectivity index (χ1) is 9.65. The number of nitrogens with zero attached hydrogens (tertiary/aromatic N) is 6. The zero-order valence-corrected chi connectivity index (χ0v) is 11.7. The van der Waals surface area contributed by atoms with Gasteiger partial charge in [0.1, 0.15) is 5.69 Å². The van der Waals surface area contributed by atoms with Crippen molar-refractivity contribution in [1.29, 1.82) is 0 Å². The molecule has 0 radical (unpaired) electrons. The molecule has 0 atom stereocenters. The highest BCUT2D eigenvalue weighted by Crippen LogP contribution is 2.18. The van der Waals surface area contributed by atoms with Gasteiger partial charge in [0.2, 0.25) is 0 Å². The zero-order valence-electron chi connectivity index (χ0n) is 11.7. The zero-order chi connectivity index (χ0) is 14.5. The van der Waals surface area contributed by atoms with Gasteiger partial charge in [-0.3, -0.25) is 9.48 Å². The van der Waals surface area contributed by atoms with Crippen molar-refractivity contribution in [2.24, 2.45) is 0 Å². The summed E-state index contributed by atoms with van der Waals surface area (Å²) in [5, 5.41) is 24.8. The number of hydrogen-bond donors (Lipinski definition) is 1. The molecule has 0 aliphatic heterocycles. The van der Waals surface area contributed by atoms with Crippen molar-refractivity contribution in [2.45, 2.75) is 46.2 Å². The molecule has 0 aliphatic carbocycles. The molecule has 2 aromatic heterocycles. The third kappa shape index (κ3) is 3.01. The largest absolute Gasteiger partial charge is 0.481 e. The minimum atomic E-state index is -0.813. The maximum atomic E-state index is 10.6. The van der Waals surface area contributed by atoms with Crippen LogP contribution in [-0.2, 0) is 24.3 Å². The maximum absolute atomic E-state index is 10.6. The van der Waals surface area contributed by atoms with Gasteiger partial charge < -0.3 is 5.11 Å². The number of carboxylic acid groups (broad SMARTS) is 1. The van der Waals surface area contributed by atoms with Gasteiger partial charge in [0.25, 0.3) is 0 Å². The molecule has 2 aromatic rings. The topological polar surface area (TPSA) is 98.7 Å². The minimum absolute atomic E-state index is 0.104. The Balaban J connectivity index is 2.22. The summed E-state index contributed by atoms with van der Waals surface area (Å²) in [5.74, 6) is -0.184. The lowest BCUT2D eigenvalue weighted by molar-refractivity contribution is -0.137. The maximum Gasteiger partial charge on any atom is 0.303 e. The van der Waals surface area contributed by atoms with Crippen LogP contribution in [0.5, 0.6) is 0 Å². The molecule has 0 aliphatic rings. The molecule has 0 bridgehead atoms. The van der Waals surface area contributed by atoms with Crippen LogP contribution in [0, 0.1) is 0 Å². The number of carboxylic acids is 1. The Labute approximate surface area is 116 Å². The smallest absolute Gasteiger partial charge is 0.303 e. The first-order valence-corrected chi connectivity index (χ1v) is 6.70. The molecule has 2 rings (SSSR count). The predicted octanol–water partition coefficient (Wildman–Crippen LogP) is 0.984. The molecule has 0 saturated heterocycles. The van der Waals surface area contributed by atoms with Crippen molar-refractivity contribution in [3.63, 3.8) is 0 Å². The number of rotatable bonds is 7. The van der Waals surface area contributed by atoms with Crippen LogP contribution in [0.2, 0.25) is 0 Å². The monoisotopic (exact) mass is 278 g/mol. The molecule has 20 heavy (non-hydrogen) atoms. The van der Waals surface area contributed by atoms with E-state index in [-0.39, 0.29) is 6.42 Å². The van der Waals surface area contributed by atoms with E-state index in [1.54, 1.807) is 4.68 Å². The average molecular weight is 278 g/mol. The van der Waals surface area contributed by atoms with E-state index in [4.69, 9.17) is 5.11 Å². The van der Waals surface area contributed by atoms with Crippen LogP contribution in [0.4, 0.5) is 0 Å². The fourth-order valence-corrected chi connectivity index (χ4v) is 1.98. The number of tetrazole rings is 1. The van der Waals surface area contributed by atoms with Crippen LogP contribution in [0.1, 0.15) is 32.4 Å². The van der Waals surface area contributed by atoms with E-state index in [9.17, 15) is 4.79 Å². The molecule has 0 amide bonds. The van der Waals surface area contributed by atoms with Crippen molar-refractivity contribution in [3.8, 4) is 11.5 Å². The molecule has 8 nitrogen and oxygen atoms in total. The van der Waals surface area contributed by atoms with Crippen LogP contribution in [-0.4, -0.2) is 41.1 Å². The summed E-state index contributed by atoms with van der Waals surface area (Å²) in [7, 11) is 0. The Morgan fingerprint density at radius 3 is 2.80 bits per heavy atom. The quantitative estimate of drug-likeness (QED) is 0.810. The highest BCUT2D eigenvalue weighted by Gasteiger charge is 2.15. The van der Waals surface area contributed by atoms with Gasteiger partial charge >= 0.3 is 5.97 Å². The van der Waals surface area contributed by atoms with Gasteiger partial charge in [-0.1, -0.05) is 6.92 Å². The Kier molecular flexibility index (Phi) is 4.44. The van der Waals surface area contributed by atoms with Crippen LogP contribution in [0.15, 0.2) is 6.07 Å². The molecule has 2 heterocycles. The van der Waals surface area contributed by atoms with Crippen molar-refractivity contribution in [2.75, 3.05) is 0 Å². The van der Waals surface area contributed by atoms with Crippen molar-refractivity contribution >= 4 is 5.97 Å². The van der Waals surface area contributed by atoms with Gasteiger partial charge in [-0.2, -0.15) is 5.10 Å². The number of carbonyl (C=O) groups is 1. The molecular formula is C12H18N6O2. The fourth-order valence-electron chi connectivity index (χ4n) is 1.98. The lowest BCUT2D eigenvalue weighted by Crippen LogP contribution is -2.08. The van der Waals surface area contributed by atoms with E-state index >= 15 is 0 Å².